The Labute approximate surface area is 81.8 Å². The fourth-order valence-corrected chi connectivity index (χ4v) is 1.63. The Balaban J connectivity index is 2.15. The number of hydrogen-bond acceptors (Lipinski definition) is 3. The molecule has 2 N–H and O–H groups in total. The van der Waals surface area contributed by atoms with Crippen LogP contribution in [-0.2, 0) is 11.8 Å². The van der Waals surface area contributed by atoms with E-state index in [1.165, 1.54) is 4.68 Å². The van der Waals surface area contributed by atoms with Crippen molar-refractivity contribution in [1.29, 1.82) is 0 Å². The molecule has 1 aliphatic carbocycles. The van der Waals surface area contributed by atoms with E-state index in [0.717, 1.165) is 6.42 Å². The minimum Gasteiger partial charge on any atom is -0.381 e. The Morgan fingerprint density at radius 2 is 2.43 bits per heavy atom. The lowest BCUT2D eigenvalue weighted by molar-refractivity contribution is 0.127. The molecule has 1 fully saturated rings. The topological polar surface area (TPSA) is 53.1 Å². The Bertz CT molecular complexity index is 350. The summed E-state index contributed by atoms with van der Waals surface area (Å²) in [6.45, 7) is 2.59. The van der Waals surface area contributed by atoms with E-state index >= 15 is 0 Å². The van der Waals surface area contributed by atoms with Gasteiger partial charge < -0.3 is 10.5 Å². The van der Waals surface area contributed by atoms with Gasteiger partial charge >= 0.3 is 0 Å². The molecule has 0 spiro atoms. The maximum absolute atomic E-state index is 13.5. The largest absolute Gasteiger partial charge is 0.381 e. The summed E-state index contributed by atoms with van der Waals surface area (Å²) in [6.07, 6.45) is 0.977. The third-order valence-electron chi connectivity index (χ3n) is 2.52. The van der Waals surface area contributed by atoms with E-state index in [4.69, 9.17) is 10.5 Å². The highest BCUT2D eigenvalue weighted by atomic mass is 19.1. The van der Waals surface area contributed by atoms with Gasteiger partial charge in [-0.15, -0.1) is 0 Å². The third-order valence-corrected chi connectivity index (χ3v) is 2.52. The number of anilines is 1. The van der Waals surface area contributed by atoms with Crippen LogP contribution in [0.3, 0.4) is 0 Å². The zero-order valence-corrected chi connectivity index (χ0v) is 8.33. The molecule has 0 saturated heterocycles. The van der Waals surface area contributed by atoms with E-state index in [2.05, 4.69) is 5.10 Å². The molecule has 1 saturated carbocycles. The highest BCUT2D eigenvalue weighted by molar-refractivity contribution is 5.37. The van der Waals surface area contributed by atoms with Crippen molar-refractivity contribution < 1.29 is 9.13 Å². The number of nitrogens with zero attached hydrogens (tertiary/aromatic N) is 2. The zero-order valence-electron chi connectivity index (χ0n) is 8.33. The molecule has 4 nitrogen and oxygen atoms in total. The van der Waals surface area contributed by atoms with Crippen LogP contribution < -0.4 is 5.73 Å². The molecule has 78 valence electrons. The Kier molecular flexibility index (Phi) is 2.19. The van der Waals surface area contributed by atoms with Crippen molar-refractivity contribution in [3.05, 3.63) is 11.5 Å². The second kappa shape index (κ2) is 3.24. The first-order valence-corrected chi connectivity index (χ1v) is 4.74. The van der Waals surface area contributed by atoms with Crippen LogP contribution >= 0.6 is 0 Å². The van der Waals surface area contributed by atoms with Gasteiger partial charge in [0.15, 0.2) is 11.6 Å². The van der Waals surface area contributed by atoms with E-state index in [-0.39, 0.29) is 23.7 Å². The summed E-state index contributed by atoms with van der Waals surface area (Å²) in [5.74, 6) is -0.194. The van der Waals surface area contributed by atoms with Crippen LogP contribution in [0.4, 0.5) is 10.2 Å². The fraction of sp³-hybridized carbons (Fsp3) is 0.667. The second-order valence-corrected chi connectivity index (χ2v) is 3.54. The van der Waals surface area contributed by atoms with Gasteiger partial charge in [-0.2, -0.15) is 5.10 Å². The molecule has 2 atom stereocenters. The van der Waals surface area contributed by atoms with Crippen molar-refractivity contribution in [2.75, 3.05) is 12.3 Å². The van der Waals surface area contributed by atoms with E-state index in [1.54, 1.807) is 7.05 Å². The lowest BCUT2D eigenvalue weighted by Gasteiger charge is -1.96. The maximum atomic E-state index is 13.5. The molecular formula is C9H14FN3O. The van der Waals surface area contributed by atoms with Crippen LogP contribution in [0.5, 0.6) is 0 Å². The molecule has 0 radical (unpaired) electrons. The van der Waals surface area contributed by atoms with Crippen LogP contribution in [0.2, 0.25) is 0 Å². The maximum Gasteiger partial charge on any atom is 0.188 e. The fourth-order valence-electron chi connectivity index (χ4n) is 1.63. The molecule has 2 unspecified atom stereocenters. The lowest BCUT2D eigenvalue weighted by atomic mass is 10.3. The SMILES string of the molecule is CCOC1CC1c1nn(C)c(N)c1F. The van der Waals surface area contributed by atoms with E-state index in [0.29, 0.717) is 12.3 Å². The zero-order chi connectivity index (χ0) is 10.3. The van der Waals surface area contributed by atoms with Gasteiger partial charge in [-0.1, -0.05) is 0 Å². The predicted molar refractivity (Wildman–Crippen MR) is 50.4 cm³/mol. The molecule has 1 heterocycles. The third kappa shape index (κ3) is 1.37. The number of hydrogen-bond donors (Lipinski definition) is 1. The van der Waals surface area contributed by atoms with Crippen molar-refractivity contribution in [1.82, 2.24) is 9.78 Å². The molecule has 1 aliphatic rings. The minimum atomic E-state index is -0.389. The number of ether oxygens (including phenoxy) is 1. The molecule has 2 rings (SSSR count). The number of halogens is 1. The summed E-state index contributed by atoms with van der Waals surface area (Å²) in [5.41, 5.74) is 5.92. The standard InChI is InChI=1S/C9H14FN3O/c1-3-14-6-4-5(6)8-7(10)9(11)13(2)12-8/h5-6H,3-4,11H2,1-2H3. The molecule has 1 aromatic heterocycles. The van der Waals surface area contributed by atoms with Gasteiger partial charge in [0.05, 0.1) is 6.10 Å². The number of nitrogen functional groups attached to an aromatic ring is 1. The number of rotatable bonds is 3. The van der Waals surface area contributed by atoms with Crippen molar-refractivity contribution in [3.63, 3.8) is 0 Å². The number of aromatic nitrogens is 2. The number of nitrogens with two attached hydrogens (primary N) is 1. The van der Waals surface area contributed by atoms with Gasteiger partial charge in [0.2, 0.25) is 0 Å². The molecule has 14 heavy (non-hydrogen) atoms. The Hall–Kier alpha value is -1.10. The van der Waals surface area contributed by atoms with Gasteiger partial charge in [0.1, 0.15) is 5.69 Å². The second-order valence-electron chi connectivity index (χ2n) is 3.54. The van der Waals surface area contributed by atoms with Crippen LogP contribution in [0.15, 0.2) is 0 Å². The minimum absolute atomic E-state index is 0.0958. The normalized spacial score (nSPS) is 25.4. The smallest absolute Gasteiger partial charge is 0.188 e. The summed E-state index contributed by atoms with van der Waals surface area (Å²) in [5, 5.41) is 4.04. The molecule has 0 amide bonds. The summed E-state index contributed by atoms with van der Waals surface area (Å²) in [4.78, 5) is 0. The average molecular weight is 199 g/mol. The van der Waals surface area contributed by atoms with Gasteiger partial charge in [-0.25, -0.2) is 4.39 Å². The van der Waals surface area contributed by atoms with Gasteiger partial charge in [0.25, 0.3) is 0 Å². The van der Waals surface area contributed by atoms with Crippen molar-refractivity contribution in [3.8, 4) is 0 Å². The van der Waals surface area contributed by atoms with E-state index in [9.17, 15) is 4.39 Å². The first-order chi connectivity index (χ1) is 6.65. The summed E-state index contributed by atoms with van der Waals surface area (Å²) < 4.78 is 20.2. The molecule has 5 heteroatoms. The Morgan fingerprint density at radius 1 is 1.71 bits per heavy atom. The number of aryl methyl sites for hydroxylation is 1. The summed E-state index contributed by atoms with van der Waals surface area (Å²) in [6, 6.07) is 0. The Morgan fingerprint density at radius 3 is 2.93 bits per heavy atom. The average Bonchev–Trinajstić information content (AvgIpc) is 2.86. The predicted octanol–water partition coefficient (Wildman–Crippen LogP) is 1.03. The lowest BCUT2D eigenvalue weighted by Crippen LogP contribution is -1.98. The monoisotopic (exact) mass is 199 g/mol. The van der Waals surface area contributed by atoms with Crippen LogP contribution in [0, 0.1) is 5.82 Å². The summed E-state index contributed by atoms with van der Waals surface area (Å²) >= 11 is 0. The first kappa shape index (κ1) is 9.45. The summed E-state index contributed by atoms with van der Waals surface area (Å²) in [7, 11) is 1.64. The molecule has 0 bridgehead atoms. The van der Waals surface area contributed by atoms with E-state index in [1.807, 2.05) is 6.92 Å². The molecule has 1 aromatic rings. The van der Waals surface area contributed by atoms with Crippen LogP contribution in [0.25, 0.3) is 0 Å². The first-order valence-electron chi connectivity index (χ1n) is 4.74. The van der Waals surface area contributed by atoms with E-state index < -0.39 is 0 Å². The van der Waals surface area contributed by atoms with Crippen molar-refractivity contribution >= 4 is 5.82 Å². The van der Waals surface area contributed by atoms with Crippen LogP contribution in [0.1, 0.15) is 25.0 Å². The van der Waals surface area contributed by atoms with Crippen LogP contribution in [-0.4, -0.2) is 22.5 Å². The van der Waals surface area contributed by atoms with Gasteiger partial charge in [-0.05, 0) is 13.3 Å². The van der Waals surface area contributed by atoms with Crippen molar-refractivity contribution in [2.24, 2.45) is 7.05 Å². The molecule has 0 aromatic carbocycles. The van der Waals surface area contributed by atoms with Crippen molar-refractivity contribution in [2.45, 2.75) is 25.4 Å². The quantitative estimate of drug-likeness (QED) is 0.791. The van der Waals surface area contributed by atoms with Gasteiger partial charge in [-0.3, -0.25) is 4.68 Å². The highest BCUT2D eigenvalue weighted by Crippen LogP contribution is 2.44. The molecule has 0 aliphatic heterocycles. The highest BCUT2D eigenvalue weighted by Gasteiger charge is 2.43. The molecular weight excluding hydrogens is 185 g/mol. The van der Waals surface area contributed by atoms with Gasteiger partial charge in [0, 0.05) is 19.6 Å².